The highest BCUT2D eigenvalue weighted by molar-refractivity contribution is 6.93. The van der Waals surface area contributed by atoms with E-state index in [0.717, 1.165) is 6.04 Å². The summed E-state index contributed by atoms with van der Waals surface area (Å²) < 4.78 is 6.69. The van der Waals surface area contributed by atoms with E-state index in [1.807, 2.05) is 6.92 Å². The molecular weight excluding hydrogens is 87.6 g/mol. The minimum absolute atomic E-state index is 0.840. The minimum Gasteiger partial charge on any atom is -0.174 e. The van der Waals surface area contributed by atoms with E-state index in [-0.39, 0.29) is 0 Å². The van der Waals surface area contributed by atoms with Gasteiger partial charge in [0.2, 0.25) is 0 Å². The molecule has 0 aliphatic rings. The number of hydrogen-bond acceptors (Lipinski definition) is 0. The largest absolute Gasteiger partial charge is 0.174 e. The Hall–Kier alpha value is 0.507. The van der Waals surface area contributed by atoms with E-state index in [1.165, 1.54) is 0 Å². The number of rotatable bonds is 1. The Bertz CT molecular complexity index is 23.6. The molecule has 0 amide bonds. The van der Waals surface area contributed by atoms with Crippen molar-refractivity contribution in [1.29, 1.82) is 1.23 Å². The molecule has 25 valence electrons. The molecule has 0 aromatic carbocycles. The second-order valence-electron chi connectivity index (χ2n) is 0.487. The van der Waals surface area contributed by atoms with Gasteiger partial charge in [-0.25, -0.2) is 0 Å². The van der Waals surface area contributed by atoms with E-state index in [4.69, 9.17) is 12.3 Å². The molecule has 1 radical (unpaired) electrons. The molecule has 0 unspecified atom stereocenters. The lowest BCUT2D eigenvalue weighted by Gasteiger charge is -1.62. The summed E-state index contributed by atoms with van der Waals surface area (Å²) in [7, 11) is -1.15. The van der Waals surface area contributed by atoms with Gasteiger partial charge in [0.05, 0.1) is 0 Å². The summed E-state index contributed by atoms with van der Waals surface area (Å²) >= 11 is 5.23. The minimum atomic E-state index is -1.15. The molecule has 0 saturated heterocycles. The van der Waals surface area contributed by atoms with Crippen LogP contribution >= 0.6 is 11.1 Å². The zero-order valence-electron chi connectivity index (χ0n) is 3.59. The van der Waals surface area contributed by atoms with Gasteiger partial charge in [-0.15, -0.1) is 0 Å². The molecule has 0 aliphatic carbocycles. The Labute approximate surface area is 34.9 Å². The van der Waals surface area contributed by atoms with E-state index in [9.17, 15) is 0 Å². The van der Waals surface area contributed by atoms with E-state index in [1.54, 1.807) is 0 Å². The molecule has 0 atom stereocenters. The van der Waals surface area contributed by atoms with Crippen molar-refractivity contribution in [2.45, 2.75) is 13.0 Å². The van der Waals surface area contributed by atoms with Crippen LogP contribution in [0.4, 0.5) is 0 Å². The van der Waals surface area contributed by atoms with Gasteiger partial charge in [0.15, 0.2) is 0 Å². The fourth-order valence-corrected chi connectivity index (χ4v) is 0. The Morgan fingerprint density at radius 1 is 2.50 bits per heavy atom. The fraction of sp³-hybridized carbons (Fsp3) is 1.00. The Balaban J connectivity index is 2.54. The summed E-state index contributed by atoms with van der Waals surface area (Å²) in [6.07, 6.45) is 0. The highest BCUT2D eigenvalue weighted by Crippen LogP contribution is 1.73. The van der Waals surface area contributed by atoms with Crippen LogP contribution in [0.1, 0.15) is 6.92 Å². The molecule has 0 N–H and O–H groups in total. The van der Waals surface area contributed by atoms with Crippen LogP contribution in [-0.2, 0) is 0 Å². The van der Waals surface area contributed by atoms with Gasteiger partial charge in [0.1, 0.15) is 8.76 Å². The molecule has 0 rings (SSSR count). The van der Waals surface area contributed by atoms with Crippen LogP contribution in [0, 0.1) is 0 Å². The molecule has 0 saturated carbocycles. The van der Waals surface area contributed by atoms with Crippen LogP contribution in [-0.4, -0.2) is 10.00 Å². The van der Waals surface area contributed by atoms with Gasteiger partial charge in [-0.1, -0.05) is 13.0 Å². The lowest BCUT2D eigenvalue weighted by molar-refractivity contribution is 1.47. The zero-order chi connectivity index (χ0) is 4.28. The van der Waals surface area contributed by atoms with Crippen molar-refractivity contribution >= 4 is 19.8 Å². The van der Waals surface area contributed by atoms with Gasteiger partial charge in [-0.05, 0) is 0 Å². The maximum absolute atomic E-state index is 6.69. The van der Waals surface area contributed by atoms with Crippen molar-refractivity contribution in [2.75, 3.05) is 0 Å². The van der Waals surface area contributed by atoms with Gasteiger partial charge >= 0.3 is 0 Å². The van der Waals surface area contributed by atoms with Crippen LogP contribution in [0.3, 0.4) is 0 Å². The maximum atomic E-state index is 6.69. The Morgan fingerprint density at radius 3 is 2.75 bits per heavy atom. The van der Waals surface area contributed by atoms with Gasteiger partial charge < -0.3 is 0 Å². The van der Waals surface area contributed by atoms with Gasteiger partial charge in [-0.3, -0.25) is 0 Å². The molecule has 0 bridgehead atoms. The third-order valence-electron chi connectivity index (χ3n) is 0.134. The average Bonchev–Trinajstić information content (AvgIpc) is 1.38. The van der Waals surface area contributed by atoms with Crippen molar-refractivity contribution in [3.63, 3.8) is 0 Å². The first-order chi connectivity index (χ1) is 2.27. The first kappa shape index (κ1) is 2.73. The standard InChI is InChI=1S/C2H6ClSi/c1-2-4-3/h4H,2H2,1H3/i4D. The van der Waals surface area contributed by atoms with E-state index < -0.39 is 8.76 Å². The molecule has 4 heavy (non-hydrogen) atoms. The smallest absolute Gasteiger partial charge is 0.146 e. The van der Waals surface area contributed by atoms with Crippen LogP contribution in [0.5, 0.6) is 0 Å². The van der Waals surface area contributed by atoms with Gasteiger partial charge in [0.25, 0.3) is 0 Å². The normalized spacial score (nSPS) is 12.2. The second kappa shape index (κ2) is 3.51. The molecule has 0 aromatic rings. The average molecular weight is 94.6 g/mol. The van der Waals surface area contributed by atoms with E-state index >= 15 is 0 Å². The van der Waals surface area contributed by atoms with E-state index in [0.29, 0.717) is 0 Å². The second-order valence-corrected chi connectivity index (χ2v) is 2.26. The molecule has 0 aliphatic heterocycles. The van der Waals surface area contributed by atoms with Crippen molar-refractivity contribution < 1.29 is 0 Å². The van der Waals surface area contributed by atoms with Gasteiger partial charge in [0, 0.05) is 1.23 Å². The van der Waals surface area contributed by atoms with Crippen LogP contribution in [0.25, 0.3) is 0 Å². The predicted molar refractivity (Wildman–Crippen MR) is 23.5 cm³/mol. The van der Waals surface area contributed by atoms with Crippen LogP contribution < -0.4 is 0 Å². The third kappa shape index (κ3) is 2.51. The maximum Gasteiger partial charge on any atom is 0.146 e. The van der Waals surface area contributed by atoms with Crippen LogP contribution in [0.2, 0.25) is 6.04 Å². The van der Waals surface area contributed by atoms with Crippen molar-refractivity contribution in [3.05, 3.63) is 0 Å². The summed E-state index contributed by atoms with van der Waals surface area (Å²) in [6, 6.07) is 0.840. The van der Waals surface area contributed by atoms with Crippen molar-refractivity contribution in [3.8, 4) is 0 Å². The summed E-state index contributed by atoms with van der Waals surface area (Å²) in [4.78, 5) is 0. The third-order valence-corrected chi connectivity index (χ3v) is 1.20. The first-order valence-electron chi connectivity index (χ1n) is 1.75. The zero-order valence-corrected chi connectivity index (χ0v) is 4.34. The molecular formula is C2H6ClSi. The molecule has 2 heteroatoms. The summed E-state index contributed by atoms with van der Waals surface area (Å²) in [5, 5.41) is 0. The fourth-order valence-electron chi connectivity index (χ4n) is 0. The Morgan fingerprint density at radius 2 is 2.75 bits per heavy atom. The summed E-state index contributed by atoms with van der Waals surface area (Å²) in [6.45, 7) is 1.92. The van der Waals surface area contributed by atoms with Crippen LogP contribution in [0.15, 0.2) is 0 Å². The predicted octanol–water partition coefficient (Wildman–Crippen LogP) is 1.01. The SMILES string of the molecule is [2H][Si](Cl)CC. The first-order valence-corrected chi connectivity index (χ1v) is 3.47. The topological polar surface area (TPSA) is 0 Å². The quantitative estimate of drug-likeness (QED) is 0.336. The monoisotopic (exact) mass is 94.0 g/mol. The molecule has 0 nitrogen and oxygen atoms in total. The highest BCUT2D eigenvalue weighted by atomic mass is 35.6. The number of hydrogen-bond donors (Lipinski definition) is 0. The van der Waals surface area contributed by atoms with Crippen molar-refractivity contribution in [2.24, 2.45) is 0 Å². The Kier molecular flexibility index (Phi) is 2.39. The highest BCUT2D eigenvalue weighted by Gasteiger charge is 1.63. The molecule has 0 fully saturated rings. The summed E-state index contributed by atoms with van der Waals surface area (Å²) in [5.74, 6) is 0. The lowest BCUT2D eigenvalue weighted by atomic mass is 11.0. The molecule has 0 heterocycles. The van der Waals surface area contributed by atoms with Gasteiger partial charge in [-0.2, -0.15) is 11.1 Å². The molecule has 0 spiro atoms. The van der Waals surface area contributed by atoms with Crippen molar-refractivity contribution in [1.82, 2.24) is 0 Å². The summed E-state index contributed by atoms with van der Waals surface area (Å²) in [5.41, 5.74) is 0. The lowest BCUT2D eigenvalue weighted by Crippen LogP contribution is -1.61. The molecule has 0 aromatic heterocycles. The number of halogens is 1. The van der Waals surface area contributed by atoms with E-state index in [2.05, 4.69) is 0 Å².